The van der Waals surface area contributed by atoms with Gasteiger partial charge < -0.3 is 4.57 Å². The molecular formula is C14H18N2O. The first-order valence-corrected chi connectivity index (χ1v) is 5.77. The lowest BCUT2D eigenvalue weighted by Crippen LogP contribution is -2.16. The first-order valence-electron chi connectivity index (χ1n) is 5.77. The topological polar surface area (TPSA) is 26.2 Å². The molecular weight excluding hydrogens is 212 g/mol. The summed E-state index contributed by atoms with van der Waals surface area (Å²) in [5.74, 6) is 0. The Balaban J connectivity index is 1.77. The van der Waals surface area contributed by atoms with Crippen molar-refractivity contribution in [2.75, 3.05) is 0 Å². The zero-order valence-corrected chi connectivity index (χ0v) is 10.3. The molecule has 1 aromatic heterocycles. The number of benzene rings is 1. The molecule has 0 saturated heterocycles. The molecule has 0 bridgehead atoms. The first kappa shape index (κ1) is 11.9. The number of hydrogen-bond donors (Lipinski definition) is 1. The van der Waals surface area contributed by atoms with Crippen molar-refractivity contribution in [2.45, 2.75) is 20.1 Å². The molecule has 2 rings (SSSR count). The van der Waals surface area contributed by atoms with Gasteiger partial charge in [-0.15, -0.1) is 0 Å². The van der Waals surface area contributed by atoms with Gasteiger partial charge in [0.2, 0.25) is 0 Å². The largest absolute Gasteiger partial charge is 0.353 e. The Morgan fingerprint density at radius 3 is 2.59 bits per heavy atom. The van der Waals surface area contributed by atoms with Gasteiger partial charge in [0.25, 0.3) is 0 Å². The fourth-order valence-electron chi connectivity index (χ4n) is 1.78. The van der Waals surface area contributed by atoms with Crippen LogP contribution in [0.2, 0.25) is 0 Å². The average molecular weight is 230 g/mol. The Bertz CT molecular complexity index is 443. The van der Waals surface area contributed by atoms with Gasteiger partial charge in [-0.1, -0.05) is 30.3 Å². The van der Waals surface area contributed by atoms with E-state index in [0.717, 1.165) is 6.54 Å². The van der Waals surface area contributed by atoms with E-state index in [9.17, 15) is 0 Å². The molecule has 1 heterocycles. The summed E-state index contributed by atoms with van der Waals surface area (Å²) in [6, 6.07) is 12.2. The Morgan fingerprint density at radius 2 is 1.94 bits per heavy atom. The van der Waals surface area contributed by atoms with Crippen LogP contribution in [0.1, 0.15) is 16.8 Å². The van der Waals surface area contributed by atoms with E-state index in [2.05, 4.69) is 41.4 Å². The predicted molar refractivity (Wildman–Crippen MR) is 68.2 cm³/mol. The molecule has 0 spiro atoms. The zero-order chi connectivity index (χ0) is 12.1. The summed E-state index contributed by atoms with van der Waals surface area (Å²) >= 11 is 0. The van der Waals surface area contributed by atoms with E-state index in [4.69, 9.17) is 4.84 Å². The van der Waals surface area contributed by atoms with Crippen molar-refractivity contribution < 1.29 is 4.84 Å². The van der Waals surface area contributed by atoms with Gasteiger partial charge in [-0.2, -0.15) is 5.48 Å². The molecule has 0 amide bonds. The van der Waals surface area contributed by atoms with E-state index in [1.165, 1.54) is 16.8 Å². The molecule has 0 unspecified atom stereocenters. The minimum Gasteiger partial charge on any atom is -0.353 e. The number of aromatic nitrogens is 1. The van der Waals surface area contributed by atoms with E-state index < -0.39 is 0 Å². The lowest BCUT2D eigenvalue weighted by atomic mass is 10.2. The highest BCUT2D eigenvalue weighted by Crippen LogP contribution is 2.07. The van der Waals surface area contributed by atoms with Crippen LogP contribution < -0.4 is 5.48 Å². The Kier molecular flexibility index (Phi) is 3.96. The molecule has 0 atom stereocenters. The van der Waals surface area contributed by atoms with E-state index in [1.807, 2.05) is 25.2 Å². The molecule has 17 heavy (non-hydrogen) atoms. The smallest absolute Gasteiger partial charge is 0.0933 e. The van der Waals surface area contributed by atoms with Crippen molar-refractivity contribution in [2.24, 2.45) is 7.05 Å². The highest BCUT2D eigenvalue weighted by molar-refractivity contribution is 5.19. The van der Waals surface area contributed by atoms with Crippen LogP contribution in [0, 0.1) is 6.92 Å². The normalized spacial score (nSPS) is 10.7. The quantitative estimate of drug-likeness (QED) is 0.631. The standard InChI is InChI=1S/C14H18N2O/c1-12-8-9-16(2)14(12)10-15-17-11-13-6-4-3-5-7-13/h3-9,15H,10-11H2,1-2H3. The van der Waals surface area contributed by atoms with E-state index in [0.29, 0.717) is 6.61 Å². The van der Waals surface area contributed by atoms with Crippen molar-refractivity contribution in [3.05, 3.63) is 59.4 Å². The Labute approximate surface area is 102 Å². The molecule has 3 heteroatoms. The third-order valence-electron chi connectivity index (χ3n) is 2.85. The van der Waals surface area contributed by atoms with E-state index in [1.54, 1.807) is 0 Å². The fourth-order valence-corrected chi connectivity index (χ4v) is 1.78. The van der Waals surface area contributed by atoms with Gasteiger partial charge in [-0.25, -0.2) is 0 Å². The fraction of sp³-hybridized carbons (Fsp3) is 0.286. The molecule has 2 aromatic rings. The SMILES string of the molecule is Cc1ccn(C)c1CNOCc1ccccc1. The van der Waals surface area contributed by atoms with Crippen molar-refractivity contribution in [1.82, 2.24) is 10.0 Å². The highest BCUT2D eigenvalue weighted by Gasteiger charge is 2.01. The lowest BCUT2D eigenvalue weighted by molar-refractivity contribution is 0.0223. The second kappa shape index (κ2) is 5.66. The van der Waals surface area contributed by atoms with Crippen LogP contribution in [-0.2, 0) is 25.0 Å². The van der Waals surface area contributed by atoms with Crippen LogP contribution >= 0.6 is 0 Å². The summed E-state index contributed by atoms with van der Waals surface area (Å²) in [7, 11) is 2.04. The van der Waals surface area contributed by atoms with Crippen molar-refractivity contribution >= 4 is 0 Å². The monoisotopic (exact) mass is 230 g/mol. The molecule has 90 valence electrons. The summed E-state index contributed by atoms with van der Waals surface area (Å²) in [4.78, 5) is 5.44. The third kappa shape index (κ3) is 3.19. The van der Waals surface area contributed by atoms with Crippen molar-refractivity contribution in [1.29, 1.82) is 0 Å². The van der Waals surface area contributed by atoms with E-state index in [-0.39, 0.29) is 0 Å². The highest BCUT2D eigenvalue weighted by atomic mass is 16.6. The van der Waals surface area contributed by atoms with Crippen LogP contribution in [0.5, 0.6) is 0 Å². The predicted octanol–water partition coefficient (Wildman–Crippen LogP) is 2.55. The lowest BCUT2D eigenvalue weighted by Gasteiger charge is -2.08. The molecule has 0 saturated carbocycles. The second-order valence-corrected chi connectivity index (χ2v) is 4.15. The molecule has 0 aliphatic heterocycles. The number of hydrogen-bond acceptors (Lipinski definition) is 2. The number of aryl methyl sites for hydroxylation is 2. The second-order valence-electron chi connectivity index (χ2n) is 4.15. The van der Waals surface area contributed by atoms with Gasteiger partial charge in [-0.05, 0) is 24.1 Å². The first-order chi connectivity index (χ1) is 8.27. The van der Waals surface area contributed by atoms with Gasteiger partial charge in [-0.3, -0.25) is 4.84 Å². The van der Waals surface area contributed by atoms with Gasteiger partial charge in [0.05, 0.1) is 13.2 Å². The van der Waals surface area contributed by atoms with Crippen LogP contribution in [0.15, 0.2) is 42.6 Å². The summed E-state index contributed by atoms with van der Waals surface area (Å²) in [6.45, 7) is 3.42. The number of nitrogens with one attached hydrogen (secondary N) is 1. The maximum absolute atomic E-state index is 5.44. The molecule has 3 nitrogen and oxygen atoms in total. The number of rotatable bonds is 5. The number of hydroxylamine groups is 1. The summed E-state index contributed by atoms with van der Waals surface area (Å²) < 4.78 is 2.11. The summed E-state index contributed by atoms with van der Waals surface area (Å²) in [5, 5.41) is 0. The van der Waals surface area contributed by atoms with Gasteiger partial charge in [0, 0.05) is 18.9 Å². The molecule has 0 radical (unpaired) electrons. The Hall–Kier alpha value is -1.58. The third-order valence-corrected chi connectivity index (χ3v) is 2.85. The van der Waals surface area contributed by atoms with Crippen LogP contribution in [0.3, 0.4) is 0 Å². The van der Waals surface area contributed by atoms with Gasteiger partial charge in [0.1, 0.15) is 0 Å². The molecule has 1 aromatic carbocycles. The maximum Gasteiger partial charge on any atom is 0.0933 e. The minimum absolute atomic E-state index is 0.588. The van der Waals surface area contributed by atoms with Crippen molar-refractivity contribution in [3.63, 3.8) is 0 Å². The minimum atomic E-state index is 0.588. The Morgan fingerprint density at radius 1 is 1.18 bits per heavy atom. The molecule has 1 N–H and O–H groups in total. The number of nitrogens with zero attached hydrogens (tertiary/aromatic N) is 1. The van der Waals surface area contributed by atoms with Crippen LogP contribution in [0.25, 0.3) is 0 Å². The van der Waals surface area contributed by atoms with Crippen LogP contribution in [0.4, 0.5) is 0 Å². The van der Waals surface area contributed by atoms with Gasteiger partial charge in [0.15, 0.2) is 0 Å². The zero-order valence-electron chi connectivity index (χ0n) is 10.3. The van der Waals surface area contributed by atoms with Gasteiger partial charge >= 0.3 is 0 Å². The summed E-state index contributed by atoms with van der Waals surface area (Å²) in [5.41, 5.74) is 6.70. The van der Waals surface area contributed by atoms with Crippen LogP contribution in [-0.4, -0.2) is 4.57 Å². The maximum atomic E-state index is 5.44. The average Bonchev–Trinajstić information content (AvgIpc) is 2.67. The molecule has 0 aliphatic carbocycles. The molecule has 0 fully saturated rings. The molecule has 0 aliphatic rings. The van der Waals surface area contributed by atoms with Crippen molar-refractivity contribution in [3.8, 4) is 0 Å². The van der Waals surface area contributed by atoms with E-state index >= 15 is 0 Å². The summed E-state index contributed by atoms with van der Waals surface area (Å²) in [6.07, 6.45) is 2.06.